The first-order chi connectivity index (χ1) is 16.4. The van der Waals surface area contributed by atoms with Crippen molar-refractivity contribution in [2.24, 2.45) is 5.92 Å². The number of para-hydroxylation sites is 1. The summed E-state index contributed by atoms with van der Waals surface area (Å²) in [6, 6.07) is 14.5. The third-order valence-electron chi connectivity index (χ3n) is 6.24. The Balaban J connectivity index is 1.21. The van der Waals surface area contributed by atoms with Crippen LogP contribution in [0.4, 0.5) is 5.69 Å². The number of piperidine rings is 1. The predicted molar refractivity (Wildman–Crippen MR) is 132 cm³/mol. The Labute approximate surface area is 206 Å². The molecule has 0 saturated carbocycles. The van der Waals surface area contributed by atoms with Crippen molar-refractivity contribution in [1.82, 2.24) is 9.80 Å². The fourth-order valence-electron chi connectivity index (χ4n) is 4.62. The molecule has 1 N–H and O–H groups in total. The van der Waals surface area contributed by atoms with E-state index in [1.165, 1.54) is 0 Å². The average Bonchev–Trinajstić information content (AvgIpc) is 2.81. The Hall–Kier alpha value is -2.61. The number of nitrogens with zero attached hydrogens (tertiary/aromatic N) is 2. The highest BCUT2D eigenvalue weighted by atomic mass is 35.5. The first kappa shape index (κ1) is 24.5. The maximum atomic E-state index is 12.9. The van der Waals surface area contributed by atoms with Crippen LogP contribution in [-0.4, -0.2) is 66.5 Å². The maximum absolute atomic E-state index is 12.9. The van der Waals surface area contributed by atoms with Gasteiger partial charge in [0.05, 0.1) is 23.8 Å². The van der Waals surface area contributed by atoms with E-state index in [2.05, 4.69) is 10.2 Å². The summed E-state index contributed by atoms with van der Waals surface area (Å²) in [4.78, 5) is 29.5. The number of amides is 2. The molecule has 2 unspecified atom stereocenters. The minimum atomic E-state index is -0.0691. The highest BCUT2D eigenvalue weighted by molar-refractivity contribution is 6.32. The molecular formula is C26H32ClN3O4. The molecule has 0 aliphatic carbocycles. The molecule has 0 aromatic heterocycles. The molecule has 2 aliphatic heterocycles. The number of carbonyl (C=O) groups is 2. The first-order valence-electron chi connectivity index (χ1n) is 11.9. The summed E-state index contributed by atoms with van der Waals surface area (Å²) in [5.41, 5.74) is 0.706. The van der Waals surface area contributed by atoms with Crippen LogP contribution in [0.25, 0.3) is 0 Å². The second-order valence-corrected chi connectivity index (χ2v) is 9.56. The summed E-state index contributed by atoms with van der Waals surface area (Å²) >= 11 is 6.13. The fraction of sp³-hybridized carbons (Fsp3) is 0.462. The number of ether oxygens (including phenoxy) is 2. The summed E-state index contributed by atoms with van der Waals surface area (Å²) in [6.07, 6.45) is 1.71. The molecule has 2 fully saturated rings. The number of likely N-dealkylation sites (tertiary alicyclic amines) is 1. The van der Waals surface area contributed by atoms with E-state index in [4.69, 9.17) is 21.1 Å². The maximum Gasteiger partial charge on any atom is 0.238 e. The SMILES string of the molecule is CC1CN(C(=O)C2CCN(CC(=O)Nc3ccc(Oc4ccccc4Cl)cc3)CC2)CC(C)O1. The van der Waals surface area contributed by atoms with E-state index in [1.807, 2.05) is 30.9 Å². The molecule has 2 atom stereocenters. The summed E-state index contributed by atoms with van der Waals surface area (Å²) in [7, 11) is 0. The quantitative estimate of drug-likeness (QED) is 0.655. The smallest absolute Gasteiger partial charge is 0.238 e. The summed E-state index contributed by atoms with van der Waals surface area (Å²) in [5, 5.41) is 3.48. The molecule has 7 nitrogen and oxygen atoms in total. The number of morpholine rings is 1. The van der Waals surface area contributed by atoms with Crippen molar-refractivity contribution >= 4 is 29.1 Å². The molecular weight excluding hydrogens is 454 g/mol. The van der Waals surface area contributed by atoms with Crippen molar-refractivity contribution < 1.29 is 19.1 Å². The summed E-state index contributed by atoms with van der Waals surface area (Å²) in [6.45, 7) is 7.13. The zero-order chi connectivity index (χ0) is 24.1. The van der Waals surface area contributed by atoms with E-state index in [0.29, 0.717) is 41.8 Å². The molecule has 182 valence electrons. The monoisotopic (exact) mass is 485 g/mol. The Morgan fingerprint density at radius 2 is 1.68 bits per heavy atom. The van der Waals surface area contributed by atoms with Crippen LogP contribution in [0.5, 0.6) is 11.5 Å². The Kier molecular flexibility index (Phi) is 8.08. The molecule has 0 spiro atoms. The number of nitrogens with one attached hydrogen (secondary N) is 1. The van der Waals surface area contributed by atoms with Gasteiger partial charge in [0.15, 0.2) is 0 Å². The van der Waals surface area contributed by atoms with Crippen molar-refractivity contribution in [3.63, 3.8) is 0 Å². The highest BCUT2D eigenvalue weighted by Gasteiger charge is 2.32. The number of anilines is 1. The zero-order valence-electron chi connectivity index (χ0n) is 19.7. The Morgan fingerprint density at radius 3 is 2.32 bits per heavy atom. The van der Waals surface area contributed by atoms with Gasteiger partial charge in [-0.3, -0.25) is 14.5 Å². The second kappa shape index (κ2) is 11.2. The lowest BCUT2D eigenvalue weighted by Gasteiger charge is -2.39. The first-order valence-corrected chi connectivity index (χ1v) is 12.2. The third-order valence-corrected chi connectivity index (χ3v) is 6.55. The van der Waals surface area contributed by atoms with E-state index in [9.17, 15) is 9.59 Å². The molecule has 2 heterocycles. The van der Waals surface area contributed by atoms with Crippen molar-refractivity contribution in [3.05, 3.63) is 53.6 Å². The highest BCUT2D eigenvalue weighted by Crippen LogP contribution is 2.29. The molecule has 2 amide bonds. The van der Waals surface area contributed by atoms with Crippen LogP contribution in [0.1, 0.15) is 26.7 Å². The van der Waals surface area contributed by atoms with Gasteiger partial charge in [0.25, 0.3) is 0 Å². The third kappa shape index (κ3) is 6.50. The standard InChI is InChI=1S/C26H32ClN3O4/c1-18-15-30(16-19(2)33-18)26(32)20-11-13-29(14-12-20)17-25(31)28-21-7-9-22(10-8-21)34-24-6-4-3-5-23(24)27/h3-10,18-20H,11-17H2,1-2H3,(H,28,31). The second-order valence-electron chi connectivity index (χ2n) is 9.16. The van der Waals surface area contributed by atoms with Gasteiger partial charge in [-0.15, -0.1) is 0 Å². The molecule has 2 saturated heterocycles. The molecule has 2 aromatic carbocycles. The molecule has 34 heavy (non-hydrogen) atoms. The van der Waals surface area contributed by atoms with Gasteiger partial charge in [0.2, 0.25) is 11.8 Å². The molecule has 2 aliphatic rings. The topological polar surface area (TPSA) is 71.1 Å². The Bertz CT molecular complexity index is 982. The lowest BCUT2D eigenvalue weighted by molar-refractivity contribution is -0.148. The van der Waals surface area contributed by atoms with Gasteiger partial charge in [-0.1, -0.05) is 23.7 Å². The van der Waals surface area contributed by atoms with Gasteiger partial charge in [-0.05, 0) is 76.2 Å². The number of hydrogen-bond acceptors (Lipinski definition) is 5. The van der Waals surface area contributed by atoms with Gasteiger partial charge in [-0.25, -0.2) is 0 Å². The van der Waals surface area contributed by atoms with Crippen LogP contribution < -0.4 is 10.1 Å². The zero-order valence-corrected chi connectivity index (χ0v) is 20.5. The van der Waals surface area contributed by atoms with Crippen molar-refractivity contribution in [2.75, 3.05) is 38.0 Å². The van der Waals surface area contributed by atoms with Crippen LogP contribution >= 0.6 is 11.6 Å². The summed E-state index contributed by atoms with van der Waals surface area (Å²) < 4.78 is 11.5. The lowest BCUT2D eigenvalue weighted by atomic mass is 9.94. The molecule has 0 bridgehead atoms. The number of hydrogen-bond donors (Lipinski definition) is 1. The van der Waals surface area contributed by atoms with Gasteiger partial charge in [-0.2, -0.15) is 0 Å². The van der Waals surface area contributed by atoms with Crippen molar-refractivity contribution in [2.45, 2.75) is 38.9 Å². The number of rotatable bonds is 6. The largest absolute Gasteiger partial charge is 0.456 e. The van der Waals surface area contributed by atoms with Crippen molar-refractivity contribution in [3.8, 4) is 11.5 Å². The van der Waals surface area contributed by atoms with E-state index in [0.717, 1.165) is 25.9 Å². The molecule has 4 rings (SSSR count). The normalized spacial score (nSPS) is 21.8. The average molecular weight is 486 g/mol. The van der Waals surface area contributed by atoms with Crippen LogP contribution in [0.15, 0.2) is 48.5 Å². The van der Waals surface area contributed by atoms with Gasteiger partial charge in [0.1, 0.15) is 11.5 Å². The van der Waals surface area contributed by atoms with Crippen LogP contribution in [0.2, 0.25) is 5.02 Å². The minimum Gasteiger partial charge on any atom is -0.456 e. The fourth-order valence-corrected chi connectivity index (χ4v) is 4.79. The van der Waals surface area contributed by atoms with Gasteiger partial charge in [0, 0.05) is 24.7 Å². The molecule has 2 aromatic rings. The van der Waals surface area contributed by atoms with Gasteiger partial charge < -0.3 is 19.7 Å². The lowest BCUT2D eigenvalue weighted by Crippen LogP contribution is -2.51. The van der Waals surface area contributed by atoms with E-state index in [1.54, 1.807) is 36.4 Å². The van der Waals surface area contributed by atoms with Gasteiger partial charge >= 0.3 is 0 Å². The van der Waals surface area contributed by atoms with E-state index in [-0.39, 0.29) is 29.9 Å². The number of halogens is 1. The van der Waals surface area contributed by atoms with Crippen molar-refractivity contribution in [1.29, 1.82) is 0 Å². The Morgan fingerprint density at radius 1 is 1.03 bits per heavy atom. The number of carbonyl (C=O) groups excluding carboxylic acids is 2. The molecule has 0 radical (unpaired) electrons. The van der Waals surface area contributed by atoms with E-state index < -0.39 is 0 Å². The molecule has 8 heteroatoms. The number of benzene rings is 2. The predicted octanol–water partition coefficient (Wildman–Crippen LogP) is 4.42. The van der Waals surface area contributed by atoms with E-state index >= 15 is 0 Å². The van der Waals surface area contributed by atoms with Crippen LogP contribution in [0, 0.1) is 5.92 Å². The van der Waals surface area contributed by atoms with Crippen LogP contribution in [-0.2, 0) is 14.3 Å². The van der Waals surface area contributed by atoms with Crippen LogP contribution in [0.3, 0.4) is 0 Å². The summed E-state index contributed by atoms with van der Waals surface area (Å²) in [5.74, 6) is 1.41. The minimum absolute atomic E-state index is 0.0301.